The number of anilines is 1. The van der Waals surface area contributed by atoms with Crippen LogP contribution in [-0.2, 0) is 32.3 Å². The van der Waals surface area contributed by atoms with E-state index in [-0.39, 0.29) is 35.5 Å². The van der Waals surface area contributed by atoms with Gasteiger partial charge in [0.05, 0.1) is 6.20 Å². The number of nitrogens with one attached hydrogen (secondary N) is 2. The first-order valence-corrected chi connectivity index (χ1v) is 14.6. The predicted molar refractivity (Wildman–Crippen MR) is 151 cm³/mol. The van der Waals surface area contributed by atoms with Crippen molar-refractivity contribution in [1.29, 1.82) is 0 Å². The molecule has 2 atom stereocenters. The molecule has 2 amide bonds. The van der Waals surface area contributed by atoms with Gasteiger partial charge in [0, 0.05) is 29.4 Å². The van der Waals surface area contributed by atoms with E-state index < -0.39 is 29.2 Å². The van der Waals surface area contributed by atoms with Crippen LogP contribution in [0.1, 0.15) is 19.2 Å². The van der Waals surface area contributed by atoms with Gasteiger partial charge in [-0.3, -0.25) is 14.5 Å². The van der Waals surface area contributed by atoms with Crippen LogP contribution >= 0.6 is 23.3 Å². The SMILES string of the molecule is CCON=C(C(=O)N[C@H]1C(=O)N2C(C(=O)O)=C(C[n+]3cccc4c3ncn4CCCNC)CS[C@@H]12)c1nsc(N)n1. The van der Waals surface area contributed by atoms with E-state index in [0.29, 0.717) is 11.3 Å². The summed E-state index contributed by atoms with van der Waals surface area (Å²) < 4.78 is 7.95. The number of fused-ring (bicyclic) bond motifs is 2. The van der Waals surface area contributed by atoms with Gasteiger partial charge in [-0.25, -0.2) is 9.36 Å². The minimum atomic E-state index is -1.21. The number of nitrogens with zero attached hydrogens (tertiary/aromatic N) is 7. The molecule has 5 rings (SSSR count). The zero-order valence-electron chi connectivity index (χ0n) is 22.3. The number of carboxylic acid groups (broad SMARTS) is 1. The van der Waals surface area contributed by atoms with Gasteiger partial charge in [-0.2, -0.15) is 9.36 Å². The lowest BCUT2D eigenvalue weighted by molar-refractivity contribution is -0.664. The summed E-state index contributed by atoms with van der Waals surface area (Å²) in [6, 6.07) is 2.90. The van der Waals surface area contributed by atoms with Crippen LogP contribution in [0.4, 0.5) is 5.13 Å². The molecule has 0 aliphatic carbocycles. The molecule has 0 saturated carbocycles. The first-order valence-electron chi connectivity index (χ1n) is 12.8. The lowest BCUT2D eigenvalue weighted by Gasteiger charge is -2.49. The monoisotopic (exact) mass is 601 g/mol. The number of aliphatic carboxylic acids is 1. The van der Waals surface area contributed by atoms with E-state index >= 15 is 0 Å². The molecular weight excluding hydrogens is 572 g/mol. The van der Waals surface area contributed by atoms with Crippen LogP contribution in [0.25, 0.3) is 11.2 Å². The second-order valence-corrected chi connectivity index (χ2v) is 11.1. The molecule has 17 heteroatoms. The summed E-state index contributed by atoms with van der Waals surface area (Å²) in [6.07, 6.45) is 4.56. The molecule has 0 aromatic carbocycles. The highest BCUT2D eigenvalue weighted by Crippen LogP contribution is 2.40. The molecule has 0 unspecified atom stereocenters. The number of imidazole rings is 1. The third-order valence-electron chi connectivity index (χ3n) is 6.53. The zero-order valence-corrected chi connectivity index (χ0v) is 23.9. The molecule has 1 fully saturated rings. The summed E-state index contributed by atoms with van der Waals surface area (Å²) >= 11 is 2.26. The quantitative estimate of drug-likeness (QED) is 0.0690. The maximum Gasteiger partial charge on any atom is 0.352 e. The van der Waals surface area contributed by atoms with Crippen LogP contribution in [0.15, 0.2) is 41.1 Å². The van der Waals surface area contributed by atoms with Gasteiger partial charge >= 0.3 is 11.6 Å². The van der Waals surface area contributed by atoms with Crippen molar-refractivity contribution in [2.24, 2.45) is 5.16 Å². The fraction of sp³-hybridized carbons (Fsp3) is 0.417. The van der Waals surface area contributed by atoms with Crippen LogP contribution in [0, 0.1) is 0 Å². The largest absolute Gasteiger partial charge is 0.477 e. The molecule has 0 spiro atoms. The molecule has 3 aromatic rings. The minimum Gasteiger partial charge on any atom is -0.477 e. The van der Waals surface area contributed by atoms with Crippen LogP contribution in [-0.4, -0.2) is 89.8 Å². The summed E-state index contributed by atoms with van der Waals surface area (Å²) in [5, 5.41) is 19.2. The van der Waals surface area contributed by atoms with Gasteiger partial charge in [-0.05, 0) is 44.1 Å². The van der Waals surface area contributed by atoms with Crippen LogP contribution in [0.3, 0.4) is 0 Å². The number of thioether (sulfide) groups is 1. The number of amides is 2. The topological polar surface area (TPSA) is 194 Å². The lowest BCUT2D eigenvalue weighted by atomic mass is 10.0. The molecule has 2 aliphatic heterocycles. The molecule has 0 bridgehead atoms. The normalized spacial score (nSPS) is 18.8. The van der Waals surface area contributed by atoms with Crippen molar-refractivity contribution >= 4 is 63.1 Å². The van der Waals surface area contributed by atoms with Gasteiger partial charge in [-0.15, -0.1) is 11.8 Å². The number of oxime groups is 1. The average Bonchev–Trinajstić information content (AvgIpc) is 3.58. The number of nitrogen functional groups attached to an aromatic ring is 1. The van der Waals surface area contributed by atoms with Crippen LogP contribution in [0.2, 0.25) is 0 Å². The van der Waals surface area contributed by atoms with Crippen molar-refractivity contribution < 1.29 is 28.9 Å². The molecule has 1 saturated heterocycles. The van der Waals surface area contributed by atoms with Crippen molar-refractivity contribution in [2.45, 2.75) is 37.8 Å². The van der Waals surface area contributed by atoms with Gasteiger partial charge < -0.3 is 30.9 Å². The van der Waals surface area contributed by atoms with E-state index in [0.717, 1.165) is 42.2 Å². The van der Waals surface area contributed by atoms with E-state index in [1.165, 1.54) is 16.7 Å². The maximum absolute atomic E-state index is 13.2. The second-order valence-electron chi connectivity index (χ2n) is 9.17. The Bertz CT molecular complexity index is 1550. The Labute approximate surface area is 242 Å². The Hall–Kier alpha value is -4.09. The van der Waals surface area contributed by atoms with Crippen molar-refractivity contribution in [3.8, 4) is 0 Å². The molecule has 41 heavy (non-hydrogen) atoms. The Morgan fingerprint density at radius 1 is 1.39 bits per heavy atom. The number of pyridine rings is 1. The molecule has 5 N–H and O–H groups in total. The van der Waals surface area contributed by atoms with E-state index in [2.05, 4.69) is 34.7 Å². The number of aryl methyl sites for hydroxylation is 1. The number of hydrogen-bond acceptors (Lipinski definition) is 12. The molecule has 2 aliphatic rings. The first-order chi connectivity index (χ1) is 19.8. The highest BCUT2D eigenvalue weighted by molar-refractivity contribution is 8.00. The number of carbonyl (C=O) groups is 3. The Morgan fingerprint density at radius 3 is 2.93 bits per heavy atom. The van der Waals surface area contributed by atoms with Crippen LogP contribution < -0.4 is 20.9 Å². The van der Waals surface area contributed by atoms with Gasteiger partial charge in [0.1, 0.15) is 35.8 Å². The molecule has 0 radical (unpaired) electrons. The number of carbonyl (C=O) groups excluding carboxylic acids is 2. The number of rotatable bonds is 12. The highest BCUT2D eigenvalue weighted by Gasteiger charge is 2.54. The molecule has 15 nitrogen and oxygen atoms in total. The van der Waals surface area contributed by atoms with Gasteiger partial charge in [-0.1, -0.05) is 5.16 Å². The average molecular weight is 602 g/mol. The van der Waals surface area contributed by atoms with E-state index in [4.69, 9.17) is 10.6 Å². The lowest BCUT2D eigenvalue weighted by Crippen LogP contribution is -2.71. The van der Waals surface area contributed by atoms with Crippen molar-refractivity contribution in [1.82, 2.24) is 34.4 Å². The summed E-state index contributed by atoms with van der Waals surface area (Å²) in [7, 11) is 1.91. The summed E-state index contributed by atoms with van der Waals surface area (Å²) in [5.41, 5.74) is 7.56. The third-order valence-corrected chi connectivity index (χ3v) is 8.41. The minimum absolute atomic E-state index is 0.0255. The molecular formula is C24H29N10O5S2+. The van der Waals surface area contributed by atoms with Crippen molar-refractivity contribution in [3.63, 3.8) is 0 Å². The first kappa shape index (κ1) is 28.4. The molecule has 216 valence electrons. The van der Waals surface area contributed by atoms with Gasteiger partial charge in [0.2, 0.25) is 17.9 Å². The Balaban J connectivity index is 1.35. The number of β-lactam (4-membered cyclic amide) rings is 1. The summed E-state index contributed by atoms with van der Waals surface area (Å²) in [6.45, 7) is 3.81. The Kier molecular flexibility index (Phi) is 8.46. The zero-order chi connectivity index (χ0) is 29.1. The van der Waals surface area contributed by atoms with Gasteiger partial charge in [0.15, 0.2) is 5.13 Å². The molecule has 3 aromatic heterocycles. The Morgan fingerprint density at radius 2 is 2.22 bits per heavy atom. The van der Waals surface area contributed by atoms with E-state index in [1.54, 1.807) is 13.3 Å². The maximum atomic E-state index is 13.2. The van der Waals surface area contributed by atoms with Crippen LogP contribution in [0.5, 0.6) is 0 Å². The second kappa shape index (κ2) is 12.2. The smallest absolute Gasteiger partial charge is 0.352 e. The van der Waals surface area contributed by atoms with E-state index in [9.17, 15) is 19.5 Å². The third kappa shape index (κ3) is 5.59. The number of aromatic nitrogens is 5. The van der Waals surface area contributed by atoms with Crippen molar-refractivity contribution in [2.75, 3.05) is 31.7 Å². The number of hydrogen-bond donors (Lipinski definition) is 4. The fourth-order valence-electron chi connectivity index (χ4n) is 4.68. The highest BCUT2D eigenvalue weighted by atomic mass is 32.2. The molecule has 5 heterocycles. The predicted octanol–water partition coefficient (Wildman–Crippen LogP) is -0.454. The van der Waals surface area contributed by atoms with E-state index in [1.807, 2.05) is 29.9 Å². The standard InChI is InChI=1S/C24H28N10O5S2/c1-3-39-30-15(18-29-24(25)41-31-18)20(35)28-16-21(36)34-17(23(37)38)13(11-40-22(16)34)10-32-8-4-6-14-19(32)27-12-33(14)9-5-7-26-2/h4,6,8,12,16,22,26H,3,5,7,9-11H2,1-2H3,(H3-,25,28,29,31,35,37,38)/p+1/t16-,22-/m0/s1. The summed E-state index contributed by atoms with van der Waals surface area (Å²) in [5.74, 6) is -2.16. The number of nitrogens with two attached hydrogens (primary N) is 1. The van der Waals surface area contributed by atoms with Crippen molar-refractivity contribution in [3.05, 3.63) is 41.8 Å². The van der Waals surface area contributed by atoms with Gasteiger partial charge in [0.25, 0.3) is 11.8 Å². The number of carboxylic acids is 1. The summed E-state index contributed by atoms with van der Waals surface area (Å²) in [4.78, 5) is 53.5. The fourth-order valence-corrected chi connectivity index (χ4v) is 6.45.